The van der Waals surface area contributed by atoms with Crippen LogP contribution in [0.4, 0.5) is 14.5 Å². The smallest absolute Gasteiger partial charge is 0.271 e. The molecule has 30 heavy (non-hydrogen) atoms. The Morgan fingerprint density at radius 2 is 1.87 bits per heavy atom. The second kappa shape index (κ2) is 9.02. The molecule has 2 aromatic carbocycles. The van der Waals surface area contributed by atoms with E-state index in [1.54, 1.807) is 29.6 Å². The van der Waals surface area contributed by atoms with Crippen molar-refractivity contribution in [3.05, 3.63) is 82.7 Å². The fourth-order valence-electron chi connectivity index (χ4n) is 2.63. The number of nitrogens with one attached hydrogen (secondary N) is 2. The van der Waals surface area contributed by atoms with Crippen molar-refractivity contribution in [1.29, 1.82) is 5.26 Å². The van der Waals surface area contributed by atoms with E-state index in [0.29, 0.717) is 17.3 Å². The minimum atomic E-state index is -3.67. The van der Waals surface area contributed by atoms with Gasteiger partial charge in [-0.2, -0.15) is 5.26 Å². The van der Waals surface area contributed by atoms with Crippen LogP contribution in [0.5, 0.6) is 0 Å². The molecule has 3 aromatic rings. The van der Waals surface area contributed by atoms with Crippen LogP contribution in [0.25, 0.3) is 0 Å². The Labute approximate surface area is 175 Å². The van der Waals surface area contributed by atoms with Crippen molar-refractivity contribution in [1.82, 2.24) is 5.32 Å². The first-order chi connectivity index (χ1) is 14.3. The summed E-state index contributed by atoms with van der Waals surface area (Å²) in [4.78, 5) is 12.2. The molecule has 0 aliphatic heterocycles. The summed E-state index contributed by atoms with van der Waals surface area (Å²) in [6.07, 6.45) is -0.112. The molecule has 0 spiro atoms. The molecule has 154 valence electrons. The molecule has 0 saturated heterocycles. The average molecular weight is 447 g/mol. The summed E-state index contributed by atoms with van der Waals surface area (Å²) in [6, 6.07) is 12.5. The van der Waals surface area contributed by atoms with Gasteiger partial charge in [0.25, 0.3) is 10.0 Å². The molecule has 3 rings (SSSR count). The number of thiophene rings is 1. The van der Waals surface area contributed by atoms with E-state index in [-0.39, 0.29) is 16.2 Å². The lowest BCUT2D eigenvalue weighted by Crippen LogP contribution is -2.29. The van der Waals surface area contributed by atoms with Gasteiger partial charge >= 0.3 is 0 Å². The van der Waals surface area contributed by atoms with Crippen molar-refractivity contribution >= 4 is 33.0 Å². The topological polar surface area (TPSA) is 99.1 Å². The largest absolute Gasteiger partial charge is 0.336 e. The number of nitriles is 1. The Bertz CT molecular complexity index is 1190. The summed E-state index contributed by atoms with van der Waals surface area (Å²) < 4.78 is 53.9. The van der Waals surface area contributed by atoms with Gasteiger partial charge in [-0.05, 0) is 35.2 Å². The molecule has 0 bridgehead atoms. The van der Waals surface area contributed by atoms with E-state index in [4.69, 9.17) is 0 Å². The predicted octanol–water partition coefficient (Wildman–Crippen LogP) is 3.75. The lowest BCUT2D eigenvalue weighted by atomic mass is 10.1. The van der Waals surface area contributed by atoms with Crippen LogP contribution in [0.2, 0.25) is 0 Å². The Morgan fingerprint density at radius 3 is 2.47 bits per heavy atom. The van der Waals surface area contributed by atoms with Crippen LogP contribution in [-0.2, 0) is 21.2 Å². The molecule has 0 fully saturated rings. The van der Waals surface area contributed by atoms with Gasteiger partial charge in [0.05, 0.1) is 12.5 Å². The minimum absolute atomic E-state index is 0.112. The van der Waals surface area contributed by atoms with Crippen LogP contribution in [0.3, 0.4) is 0 Å². The fraction of sp³-hybridized carbons (Fsp3) is 0.100. The van der Waals surface area contributed by atoms with Crippen LogP contribution in [0.15, 0.2) is 64.2 Å². The Balaban J connectivity index is 1.63. The second-order valence-electron chi connectivity index (χ2n) is 6.21. The first-order valence-electron chi connectivity index (χ1n) is 8.57. The molecule has 2 N–H and O–H groups in total. The van der Waals surface area contributed by atoms with E-state index in [1.807, 2.05) is 0 Å². The standard InChI is InChI=1S/C20H15F2N3O3S2/c21-14-5-8-16(17(22)11-14)18(12-23)24-19(26)10-13-3-6-15(7-4-13)25-30(27,28)20-2-1-9-29-20/h1-9,11,18,25H,10H2,(H,24,26). The molecule has 1 heterocycles. The third-order valence-electron chi connectivity index (χ3n) is 4.04. The number of hydrogen-bond donors (Lipinski definition) is 2. The number of hydrogen-bond acceptors (Lipinski definition) is 5. The maximum Gasteiger partial charge on any atom is 0.271 e. The van der Waals surface area contributed by atoms with Crippen molar-refractivity contribution in [2.75, 3.05) is 4.72 Å². The van der Waals surface area contributed by atoms with Crippen LogP contribution in [0.1, 0.15) is 17.2 Å². The molecule has 0 saturated carbocycles. The summed E-state index contributed by atoms with van der Waals surface area (Å²) >= 11 is 1.09. The van der Waals surface area contributed by atoms with Crippen molar-refractivity contribution in [3.8, 4) is 6.07 Å². The van der Waals surface area contributed by atoms with E-state index in [1.165, 1.54) is 18.2 Å². The number of halogens is 2. The van der Waals surface area contributed by atoms with Gasteiger partial charge in [0, 0.05) is 17.3 Å². The highest BCUT2D eigenvalue weighted by Crippen LogP contribution is 2.21. The molecule has 1 aromatic heterocycles. The van der Waals surface area contributed by atoms with Gasteiger partial charge in [-0.15, -0.1) is 11.3 Å². The van der Waals surface area contributed by atoms with Crippen LogP contribution in [0, 0.1) is 23.0 Å². The van der Waals surface area contributed by atoms with Gasteiger partial charge < -0.3 is 5.32 Å². The maximum absolute atomic E-state index is 13.8. The molecule has 10 heteroatoms. The van der Waals surface area contributed by atoms with E-state index in [9.17, 15) is 27.3 Å². The third-order valence-corrected chi connectivity index (χ3v) is 6.82. The number of amides is 1. The monoisotopic (exact) mass is 447 g/mol. The summed E-state index contributed by atoms with van der Waals surface area (Å²) in [7, 11) is -3.67. The van der Waals surface area contributed by atoms with E-state index >= 15 is 0 Å². The Hall–Kier alpha value is -3.29. The van der Waals surface area contributed by atoms with Gasteiger partial charge in [-0.1, -0.05) is 24.3 Å². The number of anilines is 1. The molecular formula is C20H15F2N3O3S2. The van der Waals surface area contributed by atoms with Gasteiger partial charge in [0.1, 0.15) is 21.9 Å². The third kappa shape index (κ3) is 5.20. The van der Waals surface area contributed by atoms with E-state index < -0.39 is 33.6 Å². The summed E-state index contributed by atoms with van der Waals surface area (Å²) in [5.74, 6) is -2.25. The molecule has 1 atom stereocenters. The van der Waals surface area contributed by atoms with Crippen molar-refractivity contribution < 1.29 is 22.0 Å². The summed E-state index contributed by atoms with van der Waals surface area (Å²) in [5.41, 5.74) is 0.754. The lowest BCUT2D eigenvalue weighted by molar-refractivity contribution is -0.120. The SMILES string of the molecule is N#CC(NC(=O)Cc1ccc(NS(=O)(=O)c2cccs2)cc1)c1ccc(F)cc1F. The number of carbonyl (C=O) groups excluding carboxylic acids is 1. The van der Waals surface area contributed by atoms with E-state index in [0.717, 1.165) is 23.5 Å². The van der Waals surface area contributed by atoms with Crippen molar-refractivity contribution in [2.24, 2.45) is 0 Å². The number of carbonyl (C=O) groups is 1. The number of sulfonamides is 1. The quantitative estimate of drug-likeness (QED) is 0.576. The Kier molecular flexibility index (Phi) is 6.44. The first-order valence-corrected chi connectivity index (χ1v) is 10.9. The number of rotatable bonds is 7. The second-order valence-corrected chi connectivity index (χ2v) is 9.06. The maximum atomic E-state index is 13.8. The highest BCUT2D eigenvalue weighted by atomic mass is 32.2. The molecule has 1 amide bonds. The van der Waals surface area contributed by atoms with E-state index in [2.05, 4.69) is 10.0 Å². The summed E-state index contributed by atoms with van der Waals surface area (Å²) in [6.45, 7) is 0. The minimum Gasteiger partial charge on any atom is -0.336 e. The highest BCUT2D eigenvalue weighted by Gasteiger charge is 2.19. The van der Waals surface area contributed by atoms with Crippen molar-refractivity contribution in [3.63, 3.8) is 0 Å². The van der Waals surface area contributed by atoms with Crippen LogP contribution in [-0.4, -0.2) is 14.3 Å². The number of benzene rings is 2. The van der Waals surface area contributed by atoms with Gasteiger partial charge in [-0.3, -0.25) is 9.52 Å². The average Bonchev–Trinajstić information content (AvgIpc) is 3.24. The summed E-state index contributed by atoms with van der Waals surface area (Å²) in [5, 5.41) is 13.3. The Morgan fingerprint density at radius 1 is 1.13 bits per heavy atom. The molecule has 6 nitrogen and oxygen atoms in total. The van der Waals surface area contributed by atoms with Gasteiger partial charge in [0.15, 0.2) is 0 Å². The lowest BCUT2D eigenvalue weighted by Gasteiger charge is -2.13. The van der Waals surface area contributed by atoms with Gasteiger partial charge in [0.2, 0.25) is 5.91 Å². The molecule has 0 radical (unpaired) electrons. The zero-order chi connectivity index (χ0) is 21.7. The molecule has 0 aliphatic carbocycles. The molecule has 0 aliphatic rings. The number of nitrogens with zero attached hydrogens (tertiary/aromatic N) is 1. The van der Waals surface area contributed by atoms with Crippen molar-refractivity contribution in [2.45, 2.75) is 16.7 Å². The fourth-order valence-corrected chi connectivity index (χ4v) is 4.68. The van der Waals surface area contributed by atoms with Crippen LogP contribution >= 0.6 is 11.3 Å². The highest BCUT2D eigenvalue weighted by molar-refractivity contribution is 7.94. The normalized spacial score (nSPS) is 12.0. The van der Waals surface area contributed by atoms with Gasteiger partial charge in [-0.25, -0.2) is 17.2 Å². The predicted molar refractivity (Wildman–Crippen MR) is 108 cm³/mol. The zero-order valence-electron chi connectivity index (χ0n) is 15.3. The molecular weight excluding hydrogens is 432 g/mol. The zero-order valence-corrected chi connectivity index (χ0v) is 16.9. The first kappa shape index (κ1) is 21.4. The van der Waals surface area contributed by atoms with Crippen LogP contribution < -0.4 is 10.0 Å². The molecule has 1 unspecified atom stereocenters.